The molecule has 5 heteroatoms. The maximum atomic E-state index is 11.1. The van der Waals surface area contributed by atoms with Crippen LogP contribution in [0.4, 0.5) is 0 Å². The molecule has 5 nitrogen and oxygen atoms in total. The summed E-state index contributed by atoms with van der Waals surface area (Å²) in [6.45, 7) is 2.61. The van der Waals surface area contributed by atoms with Crippen molar-refractivity contribution in [1.29, 1.82) is 0 Å². The van der Waals surface area contributed by atoms with Crippen LogP contribution in [0.3, 0.4) is 0 Å². The molecule has 1 aromatic rings. The molecule has 1 amide bonds. The summed E-state index contributed by atoms with van der Waals surface area (Å²) < 4.78 is 5.03. The SMILES string of the molecule is CCCNC(=O)COc1ncccn1. The Balaban J connectivity index is 2.24. The molecule has 1 heterocycles. The van der Waals surface area contributed by atoms with Gasteiger partial charge in [-0.25, -0.2) is 9.97 Å². The molecular formula is C9H13N3O2. The molecule has 0 atom stereocenters. The summed E-state index contributed by atoms with van der Waals surface area (Å²) in [5.41, 5.74) is 0. The van der Waals surface area contributed by atoms with Crippen molar-refractivity contribution >= 4 is 5.91 Å². The summed E-state index contributed by atoms with van der Waals surface area (Å²) in [5.74, 6) is -0.153. The standard InChI is InChI=1S/C9H13N3O2/c1-2-4-10-8(13)7-14-9-11-5-3-6-12-9/h3,5-6H,2,4,7H2,1H3,(H,10,13). The zero-order valence-corrected chi connectivity index (χ0v) is 8.06. The molecule has 0 spiro atoms. The Labute approximate surface area is 82.5 Å². The number of carbonyl (C=O) groups excluding carboxylic acids is 1. The van der Waals surface area contributed by atoms with Gasteiger partial charge in [0.15, 0.2) is 6.61 Å². The Morgan fingerprint density at radius 1 is 1.50 bits per heavy atom. The average Bonchev–Trinajstić information content (AvgIpc) is 2.25. The fourth-order valence-corrected chi connectivity index (χ4v) is 0.805. The van der Waals surface area contributed by atoms with Gasteiger partial charge in [-0.3, -0.25) is 4.79 Å². The highest BCUT2D eigenvalue weighted by Crippen LogP contribution is 1.96. The van der Waals surface area contributed by atoms with Gasteiger partial charge in [-0.2, -0.15) is 0 Å². The van der Waals surface area contributed by atoms with E-state index >= 15 is 0 Å². The molecule has 1 aromatic heterocycles. The molecule has 0 bridgehead atoms. The van der Waals surface area contributed by atoms with Crippen molar-refractivity contribution in [3.63, 3.8) is 0 Å². The highest BCUT2D eigenvalue weighted by Gasteiger charge is 2.01. The van der Waals surface area contributed by atoms with Crippen LogP contribution in [-0.2, 0) is 4.79 Å². The van der Waals surface area contributed by atoms with E-state index in [9.17, 15) is 4.79 Å². The number of ether oxygens (including phenoxy) is 1. The summed E-state index contributed by atoms with van der Waals surface area (Å²) >= 11 is 0. The lowest BCUT2D eigenvalue weighted by Crippen LogP contribution is -2.29. The van der Waals surface area contributed by atoms with Crippen LogP contribution in [-0.4, -0.2) is 29.0 Å². The van der Waals surface area contributed by atoms with Gasteiger partial charge in [-0.05, 0) is 12.5 Å². The average molecular weight is 195 g/mol. The predicted octanol–water partition coefficient (Wildman–Crippen LogP) is 0.382. The van der Waals surface area contributed by atoms with E-state index in [1.54, 1.807) is 18.5 Å². The summed E-state index contributed by atoms with van der Waals surface area (Å²) in [6.07, 6.45) is 4.03. The van der Waals surface area contributed by atoms with E-state index in [-0.39, 0.29) is 18.5 Å². The van der Waals surface area contributed by atoms with Crippen molar-refractivity contribution in [3.8, 4) is 6.01 Å². The summed E-state index contributed by atoms with van der Waals surface area (Å²) in [5, 5.41) is 2.68. The van der Waals surface area contributed by atoms with E-state index in [0.29, 0.717) is 6.54 Å². The molecule has 0 aliphatic heterocycles. The summed E-state index contributed by atoms with van der Waals surface area (Å²) in [4.78, 5) is 18.7. The highest BCUT2D eigenvalue weighted by atomic mass is 16.5. The zero-order valence-electron chi connectivity index (χ0n) is 8.06. The summed E-state index contributed by atoms with van der Waals surface area (Å²) in [7, 11) is 0. The van der Waals surface area contributed by atoms with Gasteiger partial charge in [0.25, 0.3) is 5.91 Å². The second-order valence-corrected chi connectivity index (χ2v) is 2.67. The van der Waals surface area contributed by atoms with E-state index < -0.39 is 0 Å². The maximum Gasteiger partial charge on any atom is 0.316 e. The molecule has 0 saturated heterocycles. The number of nitrogens with zero attached hydrogens (tertiary/aromatic N) is 2. The lowest BCUT2D eigenvalue weighted by molar-refractivity contribution is -0.123. The van der Waals surface area contributed by atoms with E-state index in [4.69, 9.17) is 4.74 Å². The van der Waals surface area contributed by atoms with Gasteiger partial charge >= 0.3 is 6.01 Å². The van der Waals surface area contributed by atoms with Crippen molar-refractivity contribution in [3.05, 3.63) is 18.5 Å². The number of hydrogen-bond acceptors (Lipinski definition) is 4. The minimum atomic E-state index is -0.153. The van der Waals surface area contributed by atoms with Crippen molar-refractivity contribution in [2.45, 2.75) is 13.3 Å². The van der Waals surface area contributed by atoms with E-state index in [0.717, 1.165) is 6.42 Å². The molecule has 0 aromatic carbocycles. The smallest absolute Gasteiger partial charge is 0.316 e. The van der Waals surface area contributed by atoms with Crippen LogP contribution in [0.25, 0.3) is 0 Å². The quantitative estimate of drug-likeness (QED) is 0.737. The predicted molar refractivity (Wildman–Crippen MR) is 50.8 cm³/mol. The Morgan fingerprint density at radius 3 is 2.86 bits per heavy atom. The monoisotopic (exact) mass is 195 g/mol. The molecule has 0 aliphatic carbocycles. The van der Waals surface area contributed by atoms with Gasteiger partial charge in [0.05, 0.1) is 0 Å². The topological polar surface area (TPSA) is 64.1 Å². The molecule has 76 valence electrons. The normalized spacial score (nSPS) is 9.50. The number of aromatic nitrogens is 2. The molecule has 1 rings (SSSR count). The first-order valence-corrected chi connectivity index (χ1v) is 4.49. The third kappa shape index (κ3) is 3.84. The van der Waals surface area contributed by atoms with E-state index in [1.165, 1.54) is 0 Å². The number of amides is 1. The van der Waals surface area contributed by atoms with E-state index in [1.807, 2.05) is 6.92 Å². The third-order valence-corrected chi connectivity index (χ3v) is 1.45. The second kappa shape index (κ2) is 5.90. The van der Waals surface area contributed by atoms with Crippen LogP contribution in [0.2, 0.25) is 0 Å². The van der Waals surface area contributed by atoms with Crippen LogP contribution in [0, 0.1) is 0 Å². The first-order chi connectivity index (χ1) is 6.83. The van der Waals surface area contributed by atoms with Crippen LogP contribution in [0.5, 0.6) is 6.01 Å². The minimum absolute atomic E-state index is 0.0377. The molecule has 0 fully saturated rings. The molecule has 0 saturated carbocycles. The third-order valence-electron chi connectivity index (χ3n) is 1.45. The fraction of sp³-hybridized carbons (Fsp3) is 0.444. The Bertz CT molecular complexity index is 277. The van der Waals surface area contributed by atoms with Gasteiger partial charge in [0.2, 0.25) is 0 Å². The molecule has 14 heavy (non-hydrogen) atoms. The number of nitrogens with one attached hydrogen (secondary N) is 1. The summed E-state index contributed by atoms with van der Waals surface area (Å²) in [6, 6.07) is 1.91. The van der Waals surface area contributed by atoms with Gasteiger partial charge in [0, 0.05) is 18.9 Å². The van der Waals surface area contributed by atoms with Gasteiger partial charge in [0.1, 0.15) is 0 Å². The number of carbonyl (C=O) groups is 1. The van der Waals surface area contributed by atoms with Gasteiger partial charge in [-0.15, -0.1) is 0 Å². The Hall–Kier alpha value is -1.65. The minimum Gasteiger partial charge on any atom is -0.453 e. The van der Waals surface area contributed by atoms with Crippen LogP contribution < -0.4 is 10.1 Å². The lowest BCUT2D eigenvalue weighted by atomic mass is 10.5. The molecule has 1 N–H and O–H groups in total. The van der Waals surface area contributed by atoms with Crippen molar-refractivity contribution in [2.24, 2.45) is 0 Å². The fourth-order valence-electron chi connectivity index (χ4n) is 0.805. The second-order valence-electron chi connectivity index (χ2n) is 2.67. The van der Waals surface area contributed by atoms with Crippen LogP contribution in [0.1, 0.15) is 13.3 Å². The van der Waals surface area contributed by atoms with Crippen LogP contribution in [0.15, 0.2) is 18.5 Å². The van der Waals surface area contributed by atoms with Crippen molar-refractivity contribution in [2.75, 3.05) is 13.2 Å². The zero-order chi connectivity index (χ0) is 10.2. The molecule has 0 aliphatic rings. The molecule has 0 radical (unpaired) electrons. The first-order valence-electron chi connectivity index (χ1n) is 4.49. The highest BCUT2D eigenvalue weighted by molar-refractivity contribution is 5.77. The Morgan fingerprint density at radius 2 is 2.21 bits per heavy atom. The van der Waals surface area contributed by atoms with Crippen LogP contribution >= 0.6 is 0 Å². The van der Waals surface area contributed by atoms with Crippen molar-refractivity contribution in [1.82, 2.24) is 15.3 Å². The number of rotatable bonds is 5. The lowest BCUT2D eigenvalue weighted by Gasteiger charge is -2.03. The van der Waals surface area contributed by atoms with Gasteiger partial charge < -0.3 is 10.1 Å². The maximum absolute atomic E-state index is 11.1. The largest absolute Gasteiger partial charge is 0.453 e. The first kappa shape index (κ1) is 10.4. The Kier molecular flexibility index (Phi) is 4.40. The van der Waals surface area contributed by atoms with Gasteiger partial charge in [-0.1, -0.05) is 6.92 Å². The molecule has 0 unspecified atom stereocenters. The number of hydrogen-bond donors (Lipinski definition) is 1. The molecular weight excluding hydrogens is 182 g/mol. The van der Waals surface area contributed by atoms with E-state index in [2.05, 4.69) is 15.3 Å². The van der Waals surface area contributed by atoms with Crippen molar-refractivity contribution < 1.29 is 9.53 Å².